The Bertz CT molecular complexity index is 329. The minimum atomic E-state index is -1.07. The van der Waals surface area contributed by atoms with Crippen molar-refractivity contribution in [2.24, 2.45) is 5.41 Å². The van der Waals surface area contributed by atoms with E-state index in [1.165, 1.54) is 38.5 Å². The summed E-state index contributed by atoms with van der Waals surface area (Å²) >= 11 is 0. The summed E-state index contributed by atoms with van der Waals surface area (Å²) in [4.78, 5) is 23.0. The van der Waals surface area contributed by atoms with E-state index in [4.69, 9.17) is 0 Å². The van der Waals surface area contributed by atoms with Crippen LogP contribution in [-0.4, -0.2) is 51.7 Å². The van der Waals surface area contributed by atoms with E-state index in [2.05, 4.69) is 13.8 Å². The molecular formula is C20H39NaO4. The van der Waals surface area contributed by atoms with Crippen LogP contribution >= 0.6 is 0 Å². The van der Waals surface area contributed by atoms with Gasteiger partial charge in [-0.05, 0) is 12.8 Å². The maximum absolute atomic E-state index is 11.8. The fraction of sp³-hybridized carbons (Fsp3) is 0.900. The maximum atomic E-state index is 11.8. The van der Waals surface area contributed by atoms with Crippen LogP contribution in [0, 0.1) is 5.41 Å². The molecule has 0 saturated heterocycles. The standard InChI is InChI=1S/C20H38O4.Na.H/c1-3-5-7-9-11-13-15-20(19(23)24,17-18(21)22)16-14-12-10-8-6-4-2;;/h3-17H2,1-2H3,(H,21,22)(H,23,24);;. The Morgan fingerprint density at radius 1 is 0.680 bits per heavy atom. The fourth-order valence-corrected chi connectivity index (χ4v) is 3.37. The predicted molar refractivity (Wildman–Crippen MR) is 105 cm³/mol. The van der Waals surface area contributed by atoms with E-state index in [1.54, 1.807) is 0 Å². The van der Waals surface area contributed by atoms with Gasteiger partial charge >= 0.3 is 41.5 Å². The zero-order chi connectivity index (χ0) is 18.3. The number of hydrogen-bond acceptors (Lipinski definition) is 2. The molecule has 0 aromatic heterocycles. The molecule has 0 unspecified atom stereocenters. The van der Waals surface area contributed by atoms with Gasteiger partial charge in [-0.15, -0.1) is 0 Å². The van der Waals surface area contributed by atoms with Crippen molar-refractivity contribution in [1.29, 1.82) is 0 Å². The van der Waals surface area contributed by atoms with Crippen LogP contribution in [-0.2, 0) is 9.59 Å². The van der Waals surface area contributed by atoms with Crippen molar-refractivity contribution in [3.05, 3.63) is 0 Å². The number of hydrogen-bond donors (Lipinski definition) is 2. The zero-order valence-electron chi connectivity index (χ0n) is 15.8. The summed E-state index contributed by atoms with van der Waals surface area (Å²) in [5.41, 5.74) is -1.07. The number of carboxylic acid groups (broad SMARTS) is 2. The molecule has 0 aliphatic rings. The second-order valence-corrected chi connectivity index (χ2v) is 7.19. The van der Waals surface area contributed by atoms with Crippen molar-refractivity contribution >= 4 is 41.5 Å². The van der Waals surface area contributed by atoms with Gasteiger partial charge < -0.3 is 10.2 Å². The zero-order valence-corrected chi connectivity index (χ0v) is 15.8. The summed E-state index contributed by atoms with van der Waals surface area (Å²) in [5.74, 6) is -1.92. The van der Waals surface area contributed by atoms with Crippen molar-refractivity contribution in [2.75, 3.05) is 0 Å². The van der Waals surface area contributed by atoms with Crippen LogP contribution in [0.5, 0.6) is 0 Å². The molecule has 0 aromatic rings. The first kappa shape index (κ1) is 27.2. The molecule has 0 atom stereocenters. The van der Waals surface area contributed by atoms with E-state index >= 15 is 0 Å². The topological polar surface area (TPSA) is 74.6 Å². The van der Waals surface area contributed by atoms with Crippen LogP contribution in [0.1, 0.15) is 110 Å². The number of unbranched alkanes of at least 4 members (excludes halogenated alkanes) is 10. The van der Waals surface area contributed by atoms with Gasteiger partial charge in [0.1, 0.15) is 0 Å². The van der Waals surface area contributed by atoms with Gasteiger partial charge in [0, 0.05) is 0 Å². The summed E-state index contributed by atoms with van der Waals surface area (Å²) < 4.78 is 0. The number of aliphatic carboxylic acids is 2. The Kier molecular flexibility index (Phi) is 18.9. The number of carboxylic acids is 2. The molecule has 0 rings (SSSR count). The summed E-state index contributed by atoms with van der Waals surface area (Å²) in [5, 5.41) is 18.9. The van der Waals surface area contributed by atoms with E-state index < -0.39 is 17.4 Å². The quantitative estimate of drug-likeness (QED) is 0.267. The van der Waals surface area contributed by atoms with Crippen LogP contribution < -0.4 is 0 Å². The monoisotopic (exact) mass is 366 g/mol. The van der Waals surface area contributed by atoms with Crippen LogP contribution in [0.3, 0.4) is 0 Å². The Balaban J connectivity index is 0. The molecule has 0 bridgehead atoms. The molecule has 0 radical (unpaired) electrons. The third kappa shape index (κ3) is 13.8. The third-order valence-corrected chi connectivity index (χ3v) is 4.96. The second kappa shape index (κ2) is 17.4. The fourth-order valence-electron chi connectivity index (χ4n) is 3.37. The summed E-state index contributed by atoms with van der Waals surface area (Å²) in [6, 6.07) is 0. The molecule has 25 heavy (non-hydrogen) atoms. The van der Waals surface area contributed by atoms with Crippen molar-refractivity contribution in [1.82, 2.24) is 0 Å². The van der Waals surface area contributed by atoms with Crippen LogP contribution in [0.2, 0.25) is 0 Å². The molecule has 4 nitrogen and oxygen atoms in total. The van der Waals surface area contributed by atoms with E-state index in [0.29, 0.717) is 12.8 Å². The van der Waals surface area contributed by atoms with Crippen molar-refractivity contribution in [3.8, 4) is 0 Å². The normalized spacial score (nSPS) is 11.1. The molecule has 0 aromatic carbocycles. The molecule has 5 heteroatoms. The number of carbonyl (C=O) groups is 2. The Labute approximate surface area is 176 Å². The minimum absolute atomic E-state index is 0. The Morgan fingerprint density at radius 2 is 1.04 bits per heavy atom. The van der Waals surface area contributed by atoms with E-state index in [0.717, 1.165) is 38.5 Å². The van der Waals surface area contributed by atoms with Crippen LogP contribution in [0.15, 0.2) is 0 Å². The molecule has 144 valence electrons. The molecule has 0 aliphatic carbocycles. The summed E-state index contributed by atoms with van der Waals surface area (Å²) in [7, 11) is 0. The molecule has 0 aliphatic heterocycles. The molecule has 0 fully saturated rings. The SMILES string of the molecule is CCCCCCCCC(CCCCCCCC)(CC(=O)O)C(=O)O.[NaH]. The van der Waals surface area contributed by atoms with Crippen molar-refractivity contribution < 1.29 is 19.8 Å². The van der Waals surface area contributed by atoms with Crippen molar-refractivity contribution in [2.45, 2.75) is 110 Å². The van der Waals surface area contributed by atoms with Crippen molar-refractivity contribution in [3.63, 3.8) is 0 Å². The average Bonchev–Trinajstić information content (AvgIpc) is 2.53. The molecule has 0 amide bonds. The second-order valence-electron chi connectivity index (χ2n) is 7.19. The Morgan fingerprint density at radius 3 is 1.36 bits per heavy atom. The van der Waals surface area contributed by atoms with E-state index in [1.807, 2.05) is 0 Å². The molecule has 0 heterocycles. The van der Waals surface area contributed by atoms with E-state index in [9.17, 15) is 19.8 Å². The first-order chi connectivity index (χ1) is 11.5. The number of rotatable bonds is 17. The molecule has 2 N–H and O–H groups in total. The summed E-state index contributed by atoms with van der Waals surface area (Å²) in [6.45, 7) is 4.34. The van der Waals surface area contributed by atoms with Gasteiger partial charge in [0.15, 0.2) is 0 Å². The van der Waals surface area contributed by atoms with Gasteiger partial charge in [0.2, 0.25) is 0 Å². The van der Waals surface area contributed by atoms with Gasteiger partial charge in [-0.2, -0.15) is 0 Å². The van der Waals surface area contributed by atoms with Crippen LogP contribution in [0.4, 0.5) is 0 Å². The van der Waals surface area contributed by atoms with E-state index in [-0.39, 0.29) is 36.0 Å². The van der Waals surface area contributed by atoms with Gasteiger partial charge in [-0.25, -0.2) is 0 Å². The third-order valence-electron chi connectivity index (χ3n) is 4.96. The Hall–Kier alpha value is -0.0600. The van der Waals surface area contributed by atoms with Gasteiger partial charge in [0.05, 0.1) is 11.8 Å². The first-order valence-electron chi connectivity index (χ1n) is 9.93. The first-order valence-corrected chi connectivity index (χ1v) is 9.93. The van der Waals surface area contributed by atoms with Gasteiger partial charge in [-0.3, -0.25) is 9.59 Å². The van der Waals surface area contributed by atoms with Gasteiger partial charge in [0.25, 0.3) is 0 Å². The summed E-state index contributed by atoms with van der Waals surface area (Å²) in [6.07, 6.45) is 13.8. The average molecular weight is 367 g/mol. The molecule has 0 spiro atoms. The predicted octanol–water partition coefficient (Wildman–Crippen LogP) is 5.38. The molecule has 0 saturated carbocycles. The van der Waals surface area contributed by atoms with Crippen LogP contribution in [0.25, 0.3) is 0 Å². The van der Waals surface area contributed by atoms with Gasteiger partial charge in [-0.1, -0.05) is 90.9 Å². The molecular weight excluding hydrogens is 327 g/mol.